The number of carbonyl (C=O) groups is 1. The van der Waals surface area contributed by atoms with E-state index in [1.807, 2.05) is 13.8 Å². The van der Waals surface area contributed by atoms with E-state index in [2.05, 4.69) is 15.4 Å². The molecule has 0 fully saturated rings. The zero-order chi connectivity index (χ0) is 19.8. The van der Waals surface area contributed by atoms with E-state index in [0.29, 0.717) is 34.1 Å². The van der Waals surface area contributed by atoms with Crippen molar-refractivity contribution in [3.8, 4) is 5.69 Å². The lowest BCUT2D eigenvalue weighted by Crippen LogP contribution is -2.15. The van der Waals surface area contributed by atoms with Gasteiger partial charge in [-0.05, 0) is 36.2 Å². The van der Waals surface area contributed by atoms with Crippen LogP contribution in [0.2, 0.25) is 0 Å². The molecular weight excluding hydrogens is 359 g/mol. The number of amides is 1. The third kappa shape index (κ3) is 3.15. The minimum Gasteiger partial charge on any atom is -0.326 e. The van der Waals surface area contributed by atoms with Crippen molar-refractivity contribution in [2.45, 2.75) is 20.3 Å². The van der Waals surface area contributed by atoms with Crippen molar-refractivity contribution in [3.63, 3.8) is 0 Å². The molecule has 0 aliphatic heterocycles. The molecule has 2 heterocycles. The summed E-state index contributed by atoms with van der Waals surface area (Å²) in [6, 6.07) is 11.6. The lowest BCUT2D eigenvalue weighted by molar-refractivity contribution is -0.116. The van der Waals surface area contributed by atoms with Crippen molar-refractivity contribution in [2.24, 2.45) is 5.92 Å². The first-order valence-electron chi connectivity index (χ1n) is 9.02. The maximum Gasteiger partial charge on any atom is 0.280 e. The van der Waals surface area contributed by atoms with Crippen molar-refractivity contribution >= 4 is 33.4 Å². The highest BCUT2D eigenvalue weighted by molar-refractivity contribution is 6.02. The van der Waals surface area contributed by atoms with Gasteiger partial charge in [-0.3, -0.25) is 19.7 Å². The van der Waals surface area contributed by atoms with Crippen LogP contribution in [-0.4, -0.2) is 20.7 Å². The standard InChI is InChI=1S/C21H19FN4O2/c1-12(2)10-18(27)24-13-6-8-14(9-7-13)26-21(28)16-11-23-20-15(19(16)25-26)4-3-5-17(20)22/h3-9,11-12,25H,10H2,1-2H3,(H,24,27). The highest BCUT2D eigenvalue weighted by Crippen LogP contribution is 2.23. The van der Waals surface area contributed by atoms with Gasteiger partial charge >= 0.3 is 0 Å². The van der Waals surface area contributed by atoms with E-state index in [1.165, 1.54) is 16.9 Å². The average molecular weight is 378 g/mol. The fourth-order valence-electron chi connectivity index (χ4n) is 3.21. The summed E-state index contributed by atoms with van der Waals surface area (Å²) < 4.78 is 15.4. The van der Waals surface area contributed by atoms with Gasteiger partial charge in [0.15, 0.2) is 0 Å². The first-order chi connectivity index (χ1) is 13.4. The molecule has 0 atom stereocenters. The van der Waals surface area contributed by atoms with Gasteiger partial charge in [-0.15, -0.1) is 0 Å². The van der Waals surface area contributed by atoms with Crippen LogP contribution >= 0.6 is 0 Å². The van der Waals surface area contributed by atoms with Gasteiger partial charge in [0, 0.05) is 23.7 Å². The largest absolute Gasteiger partial charge is 0.326 e. The zero-order valence-electron chi connectivity index (χ0n) is 15.5. The van der Waals surface area contributed by atoms with Gasteiger partial charge < -0.3 is 5.32 Å². The number of aromatic nitrogens is 3. The second-order valence-corrected chi connectivity index (χ2v) is 7.13. The number of nitrogens with zero attached hydrogens (tertiary/aromatic N) is 2. The number of hydrogen-bond donors (Lipinski definition) is 2. The van der Waals surface area contributed by atoms with Crippen LogP contribution in [0.1, 0.15) is 20.3 Å². The van der Waals surface area contributed by atoms with Crippen LogP contribution in [0.5, 0.6) is 0 Å². The van der Waals surface area contributed by atoms with E-state index in [1.54, 1.807) is 36.4 Å². The summed E-state index contributed by atoms with van der Waals surface area (Å²) in [5.74, 6) is -0.211. The molecule has 4 aromatic rings. The molecule has 0 bridgehead atoms. The van der Waals surface area contributed by atoms with E-state index in [9.17, 15) is 14.0 Å². The number of rotatable bonds is 4. The summed E-state index contributed by atoms with van der Waals surface area (Å²) in [5, 5.41) is 6.81. The molecule has 0 unspecified atom stereocenters. The molecule has 0 saturated carbocycles. The maximum atomic E-state index is 14.0. The summed E-state index contributed by atoms with van der Waals surface area (Å²) >= 11 is 0. The number of halogens is 1. The first kappa shape index (κ1) is 17.9. The molecule has 0 aliphatic rings. The van der Waals surface area contributed by atoms with Crippen molar-refractivity contribution in [1.82, 2.24) is 14.8 Å². The van der Waals surface area contributed by atoms with Crippen molar-refractivity contribution in [2.75, 3.05) is 5.32 Å². The van der Waals surface area contributed by atoms with Crippen LogP contribution in [0.4, 0.5) is 10.1 Å². The van der Waals surface area contributed by atoms with Gasteiger partial charge in [0.25, 0.3) is 5.56 Å². The van der Waals surface area contributed by atoms with Gasteiger partial charge in [0.1, 0.15) is 11.3 Å². The second kappa shape index (κ2) is 6.92. The number of pyridine rings is 1. The summed E-state index contributed by atoms with van der Waals surface area (Å²) in [6.07, 6.45) is 1.83. The Morgan fingerprint density at radius 2 is 1.93 bits per heavy atom. The Bertz CT molecular complexity index is 1240. The number of hydrogen-bond acceptors (Lipinski definition) is 3. The zero-order valence-corrected chi connectivity index (χ0v) is 15.5. The SMILES string of the molecule is CC(C)CC(=O)Nc1ccc(-n2[nH]c3c(cnc4c(F)cccc43)c2=O)cc1. The van der Waals surface area contributed by atoms with Crippen LogP contribution in [0, 0.1) is 11.7 Å². The predicted octanol–water partition coefficient (Wildman–Crippen LogP) is 3.99. The summed E-state index contributed by atoms with van der Waals surface area (Å²) in [5.41, 5.74) is 1.74. The van der Waals surface area contributed by atoms with Crippen LogP contribution in [-0.2, 0) is 4.79 Å². The lowest BCUT2D eigenvalue weighted by Gasteiger charge is -2.08. The lowest BCUT2D eigenvalue weighted by atomic mass is 10.1. The Labute approximate surface area is 160 Å². The van der Waals surface area contributed by atoms with E-state index in [0.717, 1.165) is 0 Å². The van der Waals surface area contributed by atoms with Gasteiger partial charge in [-0.2, -0.15) is 0 Å². The molecule has 2 N–H and O–H groups in total. The number of anilines is 1. The highest BCUT2D eigenvalue weighted by atomic mass is 19.1. The third-order valence-electron chi connectivity index (χ3n) is 4.51. The fourth-order valence-corrected chi connectivity index (χ4v) is 3.21. The Balaban J connectivity index is 1.72. The third-order valence-corrected chi connectivity index (χ3v) is 4.51. The monoisotopic (exact) mass is 378 g/mol. The Morgan fingerprint density at radius 1 is 1.18 bits per heavy atom. The van der Waals surface area contributed by atoms with Crippen LogP contribution in [0.3, 0.4) is 0 Å². The molecule has 0 aliphatic carbocycles. The molecule has 0 radical (unpaired) electrons. The van der Waals surface area contributed by atoms with E-state index in [-0.39, 0.29) is 22.9 Å². The quantitative estimate of drug-likeness (QED) is 0.563. The predicted molar refractivity (Wildman–Crippen MR) is 107 cm³/mol. The van der Waals surface area contributed by atoms with Crippen molar-refractivity contribution in [1.29, 1.82) is 0 Å². The molecule has 7 heteroatoms. The van der Waals surface area contributed by atoms with Gasteiger partial charge in [0.2, 0.25) is 5.91 Å². The minimum atomic E-state index is -0.436. The fraction of sp³-hybridized carbons (Fsp3) is 0.190. The molecule has 0 saturated heterocycles. The molecular formula is C21H19FN4O2. The number of nitrogens with one attached hydrogen (secondary N) is 2. The van der Waals surface area contributed by atoms with Crippen LogP contribution in [0.15, 0.2) is 53.5 Å². The molecule has 0 spiro atoms. The molecule has 1 amide bonds. The van der Waals surface area contributed by atoms with E-state index < -0.39 is 5.82 Å². The number of fused-ring (bicyclic) bond motifs is 3. The van der Waals surface area contributed by atoms with E-state index in [4.69, 9.17) is 0 Å². The number of aromatic amines is 1. The Morgan fingerprint density at radius 3 is 2.64 bits per heavy atom. The number of benzene rings is 2. The maximum absolute atomic E-state index is 14.0. The van der Waals surface area contributed by atoms with Gasteiger partial charge in [0.05, 0.1) is 16.6 Å². The summed E-state index contributed by atoms with van der Waals surface area (Å²) in [7, 11) is 0. The van der Waals surface area contributed by atoms with Crippen molar-refractivity contribution in [3.05, 3.63) is 64.8 Å². The molecule has 4 rings (SSSR count). The first-order valence-corrected chi connectivity index (χ1v) is 9.02. The van der Waals surface area contributed by atoms with Crippen molar-refractivity contribution < 1.29 is 9.18 Å². The number of para-hydroxylation sites is 1. The topological polar surface area (TPSA) is 79.8 Å². The second-order valence-electron chi connectivity index (χ2n) is 7.13. The van der Waals surface area contributed by atoms with Gasteiger partial charge in [-0.25, -0.2) is 9.07 Å². The summed E-state index contributed by atoms with van der Waals surface area (Å²) in [4.78, 5) is 28.8. The molecule has 2 aromatic heterocycles. The van der Waals surface area contributed by atoms with Gasteiger partial charge in [-0.1, -0.05) is 26.0 Å². The van der Waals surface area contributed by atoms with Crippen LogP contribution < -0.4 is 10.9 Å². The number of carbonyl (C=O) groups excluding carboxylic acids is 1. The Kier molecular flexibility index (Phi) is 4.43. The molecule has 2 aromatic carbocycles. The molecule has 6 nitrogen and oxygen atoms in total. The smallest absolute Gasteiger partial charge is 0.280 e. The van der Waals surface area contributed by atoms with E-state index >= 15 is 0 Å². The molecule has 28 heavy (non-hydrogen) atoms. The summed E-state index contributed by atoms with van der Waals surface area (Å²) in [6.45, 7) is 3.96. The van der Waals surface area contributed by atoms with Crippen LogP contribution in [0.25, 0.3) is 27.5 Å². The Hall–Kier alpha value is -3.48. The highest BCUT2D eigenvalue weighted by Gasteiger charge is 2.14. The number of H-pyrrole nitrogens is 1. The average Bonchev–Trinajstić information content (AvgIpc) is 2.99. The normalized spacial score (nSPS) is 11.4. The minimum absolute atomic E-state index is 0.0508. The molecule has 142 valence electrons.